The van der Waals surface area contributed by atoms with Gasteiger partial charge < -0.3 is 9.64 Å². The molecule has 0 radical (unpaired) electrons. The SMILES string of the molecule is CC1(C)COC(C2N(c3ccccc3)C2(C)C)=N1. The molecule has 3 heteroatoms. The van der Waals surface area contributed by atoms with Crippen LogP contribution in [-0.2, 0) is 4.74 Å². The van der Waals surface area contributed by atoms with Crippen LogP contribution >= 0.6 is 0 Å². The fraction of sp³-hybridized carbons (Fsp3) is 0.533. The van der Waals surface area contributed by atoms with Gasteiger partial charge in [-0.15, -0.1) is 0 Å². The first kappa shape index (κ1) is 11.6. The first-order chi connectivity index (χ1) is 8.42. The molecule has 1 aromatic carbocycles. The summed E-state index contributed by atoms with van der Waals surface area (Å²) in [7, 11) is 0. The number of anilines is 1. The molecular weight excluding hydrogens is 224 g/mol. The zero-order chi connectivity index (χ0) is 13.0. The van der Waals surface area contributed by atoms with Crippen LogP contribution in [0.5, 0.6) is 0 Å². The van der Waals surface area contributed by atoms with Crippen molar-refractivity contribution in [3.63, 3.8) is 0 Å². The quantitative estimate of drug-likeness (QED) is 0.747. The lowest BCUT2D eigenvalue weighted by Gasteiger charge is -2.07. The number of aliphatic imine (C=N–C) groups is 1. The van der Waals surface area contributed by atoms with Crippen LogP contribution in [-0.4, -0.2) is 29.6 Å². The van der Waals surface area contributed by atoms with Crippen molar-refractivity contribution in [1.29, 1.82) is 0 Å². The minimum Gasteiger partial charge on any atom is -0.477 e. The highest BCUT2D eigenvalue weighted by Gasteiger charge is 2.60. The average molecular weight is 244 g/mol. The van der Waals surface area contributed by atoms with Gasteiger partial charge in [-0.2, -0.15) is 0 Å². The summed E-state index contributed by atoms with van der Waals surface area (Å²) in [4.78, 5) is 7.07. The molecule has 0 aliphatic carbocycles. The Labute approximate surface area is 108 Å². The second kappa shape index (κ2) is 3.50. The molecule has 0 aromatic heterocycles. The zero-order valence-corrected chi connectivity index (χ0v) is 11.5. The van der Waals surface area contributed by atoms with E-state index in [1.54, 1.807) is 0 Å². The van der Waals surface area contributed by atoms with Gasteiger partial charge in [0.05, 0.1) is 11.1 Å². The maximum absolute atomic E-state index is 5.79. The molecule has 0 amide bonds. The van der Waals surface area contributed by atoms with Gasteiger partial charge in [0.15, 0.2) is 0 Å². The third-order valence-corrected chi connectivity index (χ3v) is 3.73. The van der Waals surface area contributed by atoms with Crippen molar-refractivity contribution in [2.24, 2.45) is 4.99 Å². The van der Waals surface area contributed by atoms with Gasteiger partial charge in [-0.1, -0.05) is 18.2 Å². The van der Waals surface area contributed by atoms with Gasteiger partial charge in [-0.25, -0.2) is 4.99 Å². The van der Waals surface area contributed by atoms with E-state index >= 15 is 0 Å². The highest BCUT2D eigenvalue weighted by Crippen LogP contribution is 2.46. The molecule has 3 rings (SSSR count). The predicted molar refractivity (Wildman–Crippen MR) is 74.3 cm³/mol. The summed E-state index contributed by atoms with van der Waals surface area (Å²) in [5, 5.41) is 0. The highest BCUT2D eigenvalue weighted by atomic mass is 16.5. The topological polar surface area (TPSA) is 24.6 Å². The Hall–Kier alpha value is -1.51. The van der Waals surface area contributed by atoms with Crippen LogP contribution in [0.1, 0.15) is 27.7 Å². The minimum absolute atomic E-state index is 0.0731. The van der Waals surface area contributed by atoms with E-state index in [-0.39, 0.29) is 17.1 Å². The lowest BCUT2D eigenvalue weighted by Crippen LogP contribution is -2.17. The maximum atomic E-state index is 5.79. The van der Waals surface area contributed by atoms with E-state index < -0.39 is 0 Å². The van der Waals surface area contributed by atoms with Crippen molar-refractivity contribution in [3.8, 4) is 0 Å². The molecule has 1 aromatic rings. The van der Waals surface area contributed by atoms with Gasteiger partial charge in [0.2, 0.25) is 5.90 Å². The fourth-order valence-electron chi connectivity index (χ4n) is 2.72. The Kier molecular flexibility index (Phi) is 2.25. The molecule has 0 N–H and O–H groups in total. The summed E-state index contributed by atoms with van der Waals surface area (Å²) in [6, 6.07) is 10.7. The Bertz CT molecular complexity index is 490. The first-order valence-corrected chi connectivity index (χ1v) is 6.49. The van der Waals surface area contributed by atoms with E-state index in [2.05, 4.69) is 56.9 Å². The Morgan fingerprint density at radius 3 is 2.39 bits per heavy atom. The summed E-state index contributed by atoms with van der Waals surface area (Å²) in [5.74, 6) is 0.897. The number of ether oxygens (including phenoxy) is 1. The predicted octanol–water partition coefficient (Wildman–Crippen LogP) is 2.86. The number of nitrogens with zero attached hydrogens (tertiary/aromatic N) is 2. The van der Waals surface area contributed by atoms with Crippen LogP contribution < -0.4 is 4.90 Å². The van der Waals surface area contributed by atoms with Crippen molar-refractivity contribution in [3.05, 3.63) is 30.3 Å². The monoisotopic (exact) mass is 244 g/mol. The molecule has 2 aliphatic rings. The van der Waals surface area contributed by atoms with E-state index in [0.717, 1.165) is 5.90 Å². The largest absolute Gasteiger partial charge is 0.477 e. The molecule has 1 saturated heterocycles. The molecule has 1 unspecified atom stereocenters. The van der Waals surface area contributed by atoms with Crippen LogP contribution in [0.2, 0.25) is 0 Å². The summed E-state index contributed by atoms with van der Waals surface area (Å²) >= 11 is 0. The normalized spacial score (nSPS) is 27.7. The summed E-state index contributed by atoms with van der Waals surface area (Å²) < 4.78 is 5.79. The average Bonchev–Trinajstić information content (AvgIpc) is 2.69. The van der Waals surface area contributed by atoms with E-state index in [0.29, 0.717) is 6.61 Å². The first-order valence-electron chi connectivity index (χ1n) is 6.49. The molecular formula is C15H20N2O. The van der Waals surface area contributed by atoms with Gasteiger partial charge >= 0.3 is 0 Å². The fourth-order valence-corrected chi connectivity index (χ4v) is 2.72. The molecule has 0 saturated carbocycles. The molecule has 0 bridgehead atoms. The standard InChI is InChI=1S/C15H20N2O/c1-14(2)10-18-13(16-14)12-15(3,4)17(12)11-8-6-5-7-9-11/h5-9,12H,10H2,1-4H3. The van der Waals surface area contributed by atoms with Crippen LogP contribution in [0.4, 0.5) is 5.69 Å². The second-order valence-corrected chi connectivity index (χ2v) is 6.31. The lowest BCUT2D eigenvalue weighted by atomic mass is 10.1. The number of hydrogen-bond acceptors (Lipinski definition) is 3. The van der Waals surface area contributed by atoms with Gasteiger partial charge in [0.1, 0.15) is 12.6 Å². The van der Waals surface area contributed by atoms with Crippen molar-refractivity contribution >= 4 is 11.6 Å². The van der Waals surface area contributed by atoms with Gasteiger partial charge in [0.25, 0.3) is 0 Å². The summed E-state index contributed by atoms with van der Waals surface area (Å²) in [6.07, 6.45) is 0. The molecule has 1 fully saturated rings. The van der Waals surface area contributed by atoms with Gasteiger partial charge in [-0.05, 0) is 39.8 Å². The smallest absolute Gasteiger partial charge is 0.209 e. The van der Waals surface area contributed by atoms with E-state index in [4.69, 9.17) is 9.73 Å². The van der Waals surface area contributed by atoms with Crippen molar-refractivity contribution < 1.29 is 4.74 Å². The number of para-hydroxylation sites is 1. The molecule has 0 spiro atoms. The minimum atomic E-state index is -0.0731. The Balaban J connectivity index is 1.88. The molecule has 18 heavy (non-hydrogen) atoms. The van der Waals surface area contributed by atoms with Crippen molar-refractivity contribution in [2.75, 3.05) is 11.5 Å². The van der Waals surface area contributed by atoms with E-state index in [1.165, 1.54) is 5.69 Å². The van der Waals surface area contributed by atoms with Gasteiger partial charge in [0, 0.05) is 5.69 Å². The molecule has 96 valence electrons. The molecule has 3 nitrogen and oxygen atoms in total. The van der Waals surface area contributed by atoms with Crippen LogP contribution in [0.25, 0.3) is 0 Å². The van der Waals surface area contributed by atoms with Crippen LogP contribution in [0.3, 0.4) is 0 Å². The maximum Gasteiger partial charge on any atom is 0.209 e. The summed E-state index contributed by atoms with van der Waals surface area (Å²) in [6.45, 7) is 9.39. The third kappa shape index (κ3) is 1.69. The van der Waals surface area contributed by atoms with Crippen LogP contribution in [0, 0.1) is 0 Å². The third-order valence-electron chi connectivity index (χ3n) is 3.73. The zero-order valence-electron chi connectivity index (χ0n) is 11.5. The Morgan fingerprint density at radius 2 is 1.83 bits per heavy atom. The van der Waals surface area contributed by atoms with Crippen LogP contribution in [0.15, 0.2) is 35.3 Å². The number of benzene rings is 1. The van der Waals surface area contributed by atoms with Crippen molar-refractivity contribution in [1.82, 2.24) is 0 Å². The second-order valence-electron chi connectivity index (χ2n) is 6.31. The highest BCUT2D eigenvalue weighted by molar-refractivity contribution is 5.95. The number of rotatable bonds is 2. The molecule has 2 heterocycles. The van der Waals surface area contributed by atoms with E-state index in [1.807, 2.05) is 6.07 Å². The molecule has 1 atom stereocenters. The summed E-state index contributed by atoms with van der Waals surface area (Å²) in [5.41, 5.74) is 1.26. The molecule has 2 aliphatic heterocycles. The van der Waals surface area contributed by atoms with E-state index in [9.17, 15) is 0 Å². The van der Waals surface area contributed by atoms with Crippen molar-refractivity contribution in [2.45, 2.75) is 44.8 Å². The lowest BCUT2D eigenvalue weighted by molar-refractivity contribution is 0.274. The Morgan fingerprint density at radius 1 is 1.17 bits per heavy atom. The van der Waals surface area contributed by atoms with Gasteiger partial charge in [-0.3, -0.25) is 0 Å². The number of hydrogen-bond donors (Lipinski definition) is 0.